The van der Waals surface area contributed by atoms with Crippen molar-refractivity contribution in [2.75, 3.05) is 24.9 Å². The van der Waals surface area contributed by atoms with Crippen molar-refractivity contribution in [2.45, 2.75) is 6.92 Å². The first kappa shape index (κ1) is 16.0. The van der Waals surface area contributed by atoms with Crippen molar-refractivity contribution >= 4 is 29.0 Å². The van der Waals surface area contributed by atoms with Crippen LogP contribution in [0.15, 0.2) is 36.4 Å². The zero-order valence-corrected chi connectivity index (χ0v) is 13.3. The van der Waals surface area contributed by atoms with E-state index >= 15 is 0 Å². The van der Waals surface area contributed by atoms with Crippen molar-refractivity contribution in [2.24, 2.45) is 0 Å². The maximum absolute atomic E-state index is 12.1. The van der Waals surface area contributed by atoms with Crippen LogP contribution in [0.2, 0.25) is 5.02 Å². The highest BCUT2D eigenvalue weighted by Gasteiger charge is 2.11. The van der Waals surface area contributed by atoms with Gasteiger partial charge in [-0.25, -0.2) is 4.79 Å². The molecule has 0 atom stereocenters. The number of ether oxygens (including phenoxy) is 2. The topological polar surface area (TPSA) is 59.6 Å². The number of rotatable bonds is 4. The van der Waals surface area contributed by atoms with Gasteiger partial charge in [-0.05, 0) is 30.7 Å². The summed E-state index contributed by atoms with van der Waals surface area (Å²) in [5.41, 5.74) is 1.96. The van der Waals surface area contributed by atoms with Crippen LogP contribution in [0, 0.1) is 6.92 Å². The van der Waals surface area contributed by atoms with Crippen molar-refractivity contribution in [3.05, 3.63) is 47.0 Å². The van der Waals surface area contributed by atoms with Gasteiger partial charge in [0.2, 0.25) is 0 Å². The lowest BCUT2D eigenvalue weighted by atomic mass is 10.2. The maximum Gasteiger partial charge on any atom is 0.323 e. The van der Waals surface area contributed by atoms with Crippen LogP contribution < -0.4 is 20.1 Å². The third kappa shape index (κ3) is 3.62. The van der Waals surface area contributed by atoms with Crippen molar-refractivity contribution in [3.63, 3.8) is 0 Å². The first-order valence-electron chi connectivity index (χ1n) is 6.60. The number of nitrogens with one attached hydrogen (secondary N) is 2. The summed E-state index contributed by atoms with van der Waals surface area (Å²) in [4.78, 5) is 12.1. The number of benzene rings is 2. The van der Waals surface area contributed by atoms with Crippen LogP contribution in [-0.4, -0.2) is 20.3 Å². The summed E-state index contributed by atoms with van der Waals surface area (Å²) < 4.78 is 10.4. The molecule has 0 spiro atoms. The van der Waals surface area contributed by atoms with Gasteiger partial charge in [0.1, 0.15) is 11.5 Å². The Hall–Kier alpha value is -2.40. The molecule has 2 rings (SSSR count). The molecular weight excluding hydrogens is 304 g/mol. The lowest BCUT2D eigenvalue weighted by Crippen LogP contribution is -2.20. The Morgan fingerprint density at radius 2 is 1.64 bits per heavy atom. The van der Waals surface area contributed by atoms with E-state index in [0.717, 1.165) is 5.56 Å². The average Bonchev–Trinajstić information content (AvgIpc) is 2.51. The van der Waals surface area contributed by atoms with E-state index in [1.54, 1.807) is 31.4 Å². The predicted octanol–water partition coefficient (Wildman–Crippen LogP) is 4.31. The van der Waals surface area contributed by atoms with Crippen LogP contribution in [0.3, 0.4) is 0 Å². The second-order valence-electron chi connectivity index (χ2n) is 4.58. The standard InChI is InChI=1S/C16H17ClN2O3/c1-10-8-13(15(22-3)9-11(10)17)19-16(20)18-12-6-4-5-7-14(12)21-2/h4-9H,1-3H3,(H2,18,19,20). The number of carbonyl (C=O) groups is 1. The molecular formula is C16H17ClN2O3. The Balaban J connectivity index is 2.17. The summed E-state index contributed by atoms with van der Waals surface area (Å²) in [7, 11) is 3.06. The Morgan fingerprint density at radius 3 is 2.32 bits per heavy atom. The molecule has 0 heterocycles. The van der Waals surface area contributed by atoms with Gasteiger partial charge in [-0.15, -0.1) is 0 Å². The number of halogens is 1. The molecule has 2 amide bonds. The molecule has 0 aliphatic carbocycles. The van der Waals surface area contributed by atoms with Crippen molar-refractivity contribution in [3.8, 4) is 11.5 Å². The Morgan fingerprint density at radius 1 is 1.00 bits per heavy atom. The summed E-state index contributed by atoms with van der Waals surface area (Å²) in [5, 5.41) is 6.05. The molecule has 0 unspecified atom stereocenters. The number of methoxy groups -OCH3 is 2. The number of carbonyl (C=O) groups excluding carboxylic acids is 1. The molecule has 0 bridgehead atoms. The first-order valence-corrected chi connectivity index (χ1v) is 6.98. The fourth-order valence-corrected chi connectivity index (χ4v) is 2.11. The van der Waals surface area contributed by atoms with Gasteiger partial charge in [-0.2, -0.15) is 0 Å². The molecule has 0 fully saturated rings. The average molecular weight is 321 g/mol. The molecule has 22 heavy (non-hydrogen) atoms. The zero-order valence-electron chi connectivity index (χ0n) is 12.6. The van der Waals surface area contributed by atoms with E-state index in [4.69, 9.17) is 21.1 Å². The van der Waals surface area contributed by atoms with E-state index in [9.17, 15) is 4.79 Å². The van der Waals surface area contributed by atoms with E-state index < -0.39 is 6.03 Å². The lowest BCUT2D eigenvalue weighted by molar-refractivity contribution is 0.262. The molecule has 5 nitrogen and oxygen atoms in total. The summed E-state index contributed by atoms with van der Waals surface area (Å²) in [5.74, 6) is 1.07. The van der Waals surface area contributed by atoms with E-state index in [1.807, 2.05) is 19.1 Å². The number of anilines is 2. The van der Waals surface area contributed by atoms with Crippen molar-refractivity contribution in [1.29, 1.82) is 0 Å². The Labute approximate surface area is 134 Å². The van der Waals surface area contributed by atoms with Crippen LogP contribution in [0.5, 0.6) is 11.5 Å². The molecule has 6 heteroatoms. The summed E-state index contributed by atoms with van der Waals surface area (Å²) in [6.45, 7) is 1.85. The highest BCUT2D eigenvalue weighted by atomic mass is 35.5. The summed E-state index contributed by atoms with van der Waals surface area (Å²) >= 11 is 6.05. The van der Waals surface area contributed by atoms with Gasteiger partial charge < -0.3 is 20.1 Å². The van der Waals surface area contributed by atoms with Gasteiger partial charge in [-0.3, -0.25) is 0 Å². The molecule has 0 aliphatic rings. The van der Waals surface area contributed by atoms with Gasteiger partial charge in [0.05, 0.1) is 25.6 Å². The molecule has 0 radical (unpaired) electrons. The van der Waals surface area contributed by atoms with Gasteiger partial charge in [0.15, 0.2) is 0 Å². The van der Waals surface area contributed by atoms with Crippen molar-refractivity contribution < 1.29 is 14.3 Å². The number of urea groups is 1. The molecule has 0 aromatic heterocycles. The van der Waals surface area contributed by atoms with E-state index in [1.165, 1.54) is 7.11 Å². The fraction of sp³-hybridized carbons (Fsp3) is 0.188. The highest BCUT2D eigenvalue weighted by molar-refractivity contribution is 6.31. The molecule has 0 saturated heterocycles. The molecule has 2 N–H and O–H groups in total. The number of aryl methyl sites for hydroxylation is 1. The third-order valence-corrected chi connectivity index (χ3v) is 3.49. The minimum Gasteiger partial charge on any atom is -0.495 e. The Bertz CT molecular complexity index is 689. The third-order valence-electron chi connectivity index (χ3n) is 3.08. The SMILES string of the molecule is COc1ccccc1NC(=O)Nc1cc(C)c(Cl)cc1OC. The van der Waals surface area contributed by atoms with Crippen LogP contribution in [-0.2, 0) is 0 Å². The van der Waals surface area contributed by atoms with Crippen molar-refractivity contribution in [1.82, 2.24) is 0 Å². The normalized spacial score (nSPS) is 10.0. The molecule has 2 aromatic carbocycles. The highest BCUT2D eigenvalue weighted by Crippen LogP contribution is 2.31. The quantitative estimate of drug-likeness (QED) is 0.882. The largest absolute Gasteiger partial charge is 0.495 e. The van der Waals surface area contributed by atoms with Gasteiger partial charge in [0, 0.05) is 11.1 Å². The molecule has 116 valence electrons. The molecule has 0 saturated carbocycles. The summed E-state index contributed by atoms with van der Waals surface area (Å²) in [6, 6.07) is 10.2. The lowest BCUT2D eigenvalue weighted by Gasteiger charge is -2.14. The maximum atomic E-state index is 12.1. The minimum atomic E-state index is -0.399. The predicted molar refractivity (Wildman–Crippen MR) is 88.4 cm³/mol. The van der Waals surface area contributed by atoms with Gasteiger partial charge in [-0.1, -0.05) is 23.7 Å². The Kier molecular flexibility index (Phi) is 5.12. The van der Waals surface area contributed by atoms with E-state index in [-0.39, 0.29) is 0 Å². The van der Waals surface area contributed by atoms with Gasteiger partial charge >= 0.3 is 6.03 Å². The van der Waals surface area contributed by atoms with E-state index in [2.05, 4.69) is 10.6 Å². The zero-order chi connectivity index (χ0) is 16.1. The first-order chi connectivity index (χ1) is 10.5. The van der Waals surface area contributed by atoms with Crippen LogP contribution in [0.4, 0.5) is 16.2 Å². The number of hydrogen-bond donors (Lipinski definition) is 2. The summed E-state index contributed by atoms with van der Waals surface area (Å²) in [6.07, 6.45) is 0. The second kappa shape index (κ2) is 7.04. The molecule has 0 aliphatic heterocycles. The van der Waals surface area contributed by atoms with Gasteiger partial charge in [0.25, 0.3) is 0 Å². The smallest absolute Gasteiger partial charge is 0.323 e. The fourth-order valence-electron chi connectivity index (χ4n) is 1.95. The van der Waals surface area contributed by atoms with Crippen LogP contribution in [0.1, 0.15) is 5.56 Å². The number of amides is 2. The van der Waals surface area contributed by atoms with Crippen LogP contribution in [0.25, 0.3) is 0 Å². The number of hydrogen-bond acceptors (Lipinski definition) is 3. The van der Waals surface area contributed by atoms with Crippen LogP contribution >= 0.6 is 11.6 Å². The second-order valence-corrected chi connectivity index (χ2v) is 4.99. The van der Waals surface area contributed by atoms with E-state index in [0.29, 0.717) is 27.9 Å². The molecule has 2 aromatic rings. The number of para-hydroxylation sites is 2. The monoisotopic (exact) mass is 320 g/mol. The minimum absolute atomic E-state index is 0.399.